The summed E-state index contributed by atoms with van der Waals surface area (Å²) in [5.74, 6) is 1.43. The highest BCUT2D eigenvalue weighted by Gasteiger charge is 2.33. The molecule has 2 aliphatic heterocycles. The number of nitrogens with zero attached hydrogens (tertiary/aromatic N) is 2. The van der Waals surface area contributed by atoms with Gasteiger partial charge in [-0.1, -0.05) is 30.4 Å². The molecule has 0 spiro atoms. The molecule has 1 aliphatic carbocycles. The van der Waals surface area contributed by atoms with Crippen LogP contribution in [0.1, 0.15) is 44.1 Å². The molecular weight excluding hydrogens is 362 g/mol. The number of ether oxygens (including phenoxy) is 1. The average molecular weight is 398 g/mol. The number of methoxy groups -OCH3 is 1. The minimum Gasteiger partial charge on any atom is -0.496 e. The van der Waals surface area contributed by atoms with Crippen LogP contribution >= 0.6 is 0 Å². The second-order valence-corrected chi connectivity index (χ2v) is 8.79. The summed E-state index contributed by atoms with van der Waals surface area (Å²) in [5.41, 5.74) is 1.13. The highest BCUT2D eigenvalue weighted by atomic mass is 16.5. The summed E-state index contributed by atoms with van der Waals surface area (Å²) in [6.07, 6.45) is 11.4. The highest BCUT2D eigenvalue weighted by molar-refractivity contribution is 5.79. The topological polar surface area (TPSA) is 44.8 Å². The molecule has 5 nitrogen and oxygen atoms in total. The van der Waals surface area contributed by atoms with Crippen LogP contribution in [0.5, 0.6) is 5.75 Å². The lowest BCUT2D eigenvalue weighted by Crippen LogP contribution is -2.51. The number of likely N-dealkylation sites (tertiary alicyclic amines) is 2. The monoisotopic (exact) mass is 397 g/mol. The van der Waals surface area contributed by atoms with E-state index in [0.29, 0.717) is 18.0 Å². The summed E-state index contributed by atoms with van der Waals surface area (Å²) in [5, 5.41) is 3.21. The van der Waals surface area contributed by atoms with E-state index in [1.165, 1.54) is 25.7 Å². The van der Waals surface area contributed by atoms with E-state index in [1.54, 1.807) is 7.11 Å². The molecule has 0 radical (unpaired) electrons. The summed E-state index contributed by atoms with van der Waals surface area (Å²) in [7, 11) is 1.72. The van der Waals surface area contributed by atoms with Crippen molar-refractivity contribution in [1.82, 2.24) is 15.1 Å². The molecule has 29 heavy (non-hydrogen) atoms. The minimum atomic E-state index is 0.200. The third kappa shape index (κ3) is 5.61. The Kier molecular flexibility index (Phi) is 6.88. The SMILES string of the molecule is COc1ccccc1C=CCN1CCC(N2CCCC(C(=O)NC3CC3)C2)CC1. The van der Waals surface area contributed by atoms with E-state index in [1.807, 2.05) is 18.2 Å². The van der Waals surface area contributed by atoms with Gasteiger partial charge in [0.15, 0.2) is 0 Å². The molecule has 0 bridgehead atoms. The van der Waals surface area contributed by atoms with Gasteiger partial charge in [0.1, 0.15) is 5.75 Å². The average Bonchev–Trinajstić information content (AvgIpc) is 3.59. The fourth-order valence-corrected chi connectivity index (χ4v) is 4.70. The maximum atomic E-state index is 12.4. The van der Waals surface area contributed by atoms with Crippen LogP contribution in [0.25, 0.3) is 6.08 Å². The summed E-state index contributed by atoms with van der Waals surface area (Å²) in [6.45, 7) is 5.37. The minimum absolute atomic E-state index is 0.200. The van der Waals surface area contributed by atoms with E-state index in [2.05, 4.69) is 33.3 Å². The molecule has 3 aliphatic rings. The second kappa shape index (κ2) is 9.77. The van der Waals surface area contributed by atoms with Gasteiger partial charge in [0.05, 0.1) is 13.0 Å². The standard InChI is InChI=1S/C24H35N3O2/c1-29-23-9-3-2-6-19(23)7-4-14-26-16-12-22(13-17-26)27-15-5-8-20(18-27)24(28)25-21-10-11-21/h2-4,6-7,9,20-22H,5,8,10-18H2,1H3,(H,25,28). The number of nitrogens with one attached hydrogen (secondary N) is 1. The van der Waals surface area contributed by atoms with Gasteiger partial charge in [0.25, 0.3) is 0 Å². The summed E-state index contributed by atoms with van der Waals surface area (Å²) in [4.78, 5) is 17.6. The third-order valence-corrected chi connectivity index (χ3v) is 6.62. The first-order valence-corrected chi connectivity index (χ1v) is 11.3. The maximum absolute atomic E-state index is 12.4. The number of carbonyl (C=O) groups excluding carboxylic acids is 1. The molecule has 1 saturated carbocycles. The van der Waals surface area contributed by atoms with E-state index >= 15 is 0 Å². The van der Waals surface area contributed by atoms with Gasteiger partial charge in [-0.05, 0) is 64.2 Å². The molecule has 1 N–H and O–H groups in total. The zero-order valence-corrected chi connectivity index (χ0v) is 17.7. The Morgan fingerprint density at radius 2 is 1.93 bits per heavy atom. The Bertz CT molecular complexity index is 708. The van der Waals surface area contributed by atoms with Crippen LogP contribution in [0.3, 0.4) is 0 Å². The first kappa shape index (κ1) is 20.4. The van der Waals surface area contributed by atoms with Gasteiger partial charge >= 0.3 is 0 Å². The Labute approximate surface area is 175 Å². The number of rotatable bonds is 7. The van der Waals surface area contributed by atoms with Gasteiger partial charge in [-0.2, -0.15) is 0 Å². The predicted octanol–water partition coefficient (Wildman–Crippen LogP) is 3.16. The van der Waals surface area contributed by atoms with Gasteiger partial charge in [-0.15, -0.1) is 0 Å². The van der Waals surface area contributed by atoms with Crippen LogP contribution < -0.4 is 10.1 Å². The number of hydrogen-bond donors (Lipinski definition) is 1. The van der Waals surface area contributed by atoms with Crippen LogP contribution in [-0.2, 0) is 4.79 Å². The van der Waals surface area contributed by atoms with Crippen LogP contribution in [-0.4, -0.2) is 67.6 Å². The van der Waals surface area contributed by atoms with Gasteiger partial charge in [-0.3, -0.25) is 14.6 Å². The van der Waals surface area contributed by atoms with Crippen LogP contribution in [0.2, 0.25) is 0 Å². The van der Waals surface area contributed by atoms with Gasteiger partial charge in [0, 0.05) is 30.7 Å². The number of amides is 1. The largest absolute Gasteiger partial charge is 0.496 e. The molecule has 3 fully saturated rings. The van der Waals surface area contributed by atoms with E-state index in [9.17, 15) is 4.79 Å². The molecule has 0 aromatic heterocycles. The van der Waals surface area contributed by atoms with E-state index in [0.717, 1.165) is 56.9 Å². The number of piperidine rings is 2. The summed E-state index contributed by atoms with van der Waals surface area (Å²) >= 11 is 0. The normalized spacial score (nSPS) is 24.7. The molecule has 1 aromatic rings. The van der Waals surface area contributed by atoms with Crippen molar-refractivity contribution in [3.05, 3.63) is 35.9 Å². The summed E-state index contributed by atoms with van der Waals surface area (Å²) in [6, 6.07) is 9.26. The van der Waals surface area contributed by atoms with Crippen molar-refractivity contribution < 1.29 is 9.53 Å². The highest BCUT2D eigenvalue weighted by Crippen LogP contribution is 2.26. The quantitative estimate of drug-likeness (QED) is 0.768. The first-order valence-electron chi connectivity index (χ1n) is 11.3. The van der Waals surface area contributed by atoms with Crippen LogP contribution in [0.15, 0.2) is 30.3 Å². The maximum Gasteiger partial charge on any atom is 0.224 e. The second-order valence-electron chi connectivity index (χ2n) is 8.79. The number of hydrogen-bond acceptors (Lipinski definition) is 4. The van der Waals surface area contributed by atoms with Crippen LogP contribution in [0, 0.1) is 5.92 Å². The van der Waals surface area contributed by atoms with Crippen molar-refractivity contribution in [3.8, 4) is 5.75 Å². The lowest BCUT2D eigenvalue weighted by Gasteiger charge is -2.41. The van der Waals surface area contributed by atoms with Gasteiger partial charge in [-0.25, -0.2) is 0 Å². The number of carbonyl (C=O) groups is 1. The molecule has 2 saturated heterocycles. The first-order chi connectivity index (χ1) is 14.2. The molecule has 158 valence electrons. The fourth-order valence-electron chi connectivity index (χ4n) is 4.70. The molecule has 1 unspecified atom stereocenters. The fraction of sp³-hybridized carbons (Fsp3) is 0.625. The molecule has 5 heteroatoms. The van der Waals surface area contributed by atoms with Crippen molar-refractivity contribution in [2.75, 3.05) is 39.8 Å². The van der Waals surface area contributed by atoms with Gasteiger partial charge < -0.3 is 10.1 Å². The number of benzene rings is 1. The lowest BCUT2D eigenvalue weighted by molar-refractivity contribution is -0.127. The Morgan fingerprint density at radius 3 is 2.69 bits per heavy atom. The van der Waals surface area contributed by atoms with Crippen LogP contribution in [0.4, 0.5) is 0 Å². The predicted molar refractivity (Wildman–Crippen MR) is 117 cm³/mol. The molecule has 4 rings (SSSR count). The Morgan fingerprint density at radius 1 is 1.14 bits per heavy atom. The Hall–Kier alpha value is -1.85. The van der Waals surface area contributed by atoms with E-state index in [-0.39, 0.29) is 5.92 Å². The number of para-hydroxylation sites is 1. The molecule has 2 heterocycles. The van der Waals surface area contributed by atoms with Crippen molar-refractivity contribution in [2.24, 2.45) is 5.92 Å². The van der Waals surface area contributed by atoms with E-state index < -0.39 is 0 Å². The van der Waals surface area contributed by atoms with Gasteiger partial charge in [0.2, 0.25) is 5.91 Å². The van der Waals surface area contributed by atoms with E-state index in [4.69, 9.17) is 4.74 Å². The zero-order chi connectivity index (χ0) is 20.1. The Balaban J connectivity index is 1.21. The van der Waals surface area contributed by atoms with Crippen molar-refractivity contribution >= 4 is 12.0 Å². The molecule has 1 amide bonds. The molecule has 1 atom stereocenters. The molecular formula is C24H35N3O2. The zero-order valence-electron chi connectivity index (χ0n) is 17.7. The third-order valence-electron chi connectivity index (χ3n) is 6.62. The summed E-state index contributed by atoms with van der Waals surface area (Å²) < 4.78 is 5.42. The van der Waals surface area contributed by atoms with Crippen molar-refractivity contribution in [1.29, 1.82) is 0 Å². The van der Waals surface area contributed by atoms with Crippen molar-refractivity contribution in [3.63, 3.8) is 0 Å². The smallest absolute Gasteiger partial charge is 0.224 e. The van der Waals surface area contributed by atoms with Crippen molar-refractivity contribution in [2.45, 2.75) is 50.6 Å². The lowest BCUT2D eigenvalue weighted by atomic mass is 9.93. The molecule has 1 aromatic carbocycles.